The monoisotopic (exact) mass is 300 g/mol. The van der Waals surface area contributed by atoms with E-state index in [1.54, 1.807) is 0 Å². The van der Waals surface area contributed by atoms with Gasteiger partial charge in [0.05, 0.1) is 5.88 Å². The molecule has 1 aliphatic heterocycles. The van der Waals surface area contributed by atoms with E-state index < -0.39 is 0 Å². The smallest absolute Gasteiger partial charge is 0.0509 e. The van der Waals surface area contributed by atoms with Crippen molar-refractivity contribution in [1.82, 2.24) is 4.90 Å². The number of nitrogens with zero attached hydrogens (tertiary/aromatic N) is 2. The zero-order valence-electron chi connectivity index (χ0n) is 11.7. The average molecular weight is 301 g/mol. The summed E-state index contributed by atoms with van der Waals surface area (Å²) in [5.74, 6) is 0.470. The molecule has 0 radical (unpaired) electrons. The first-order chi connectivity index (χ1) is 9.17. The zero-order valence-corrected chi connectivity index (χ0v) is 13.2. The number of halogens is 2. The molecule has 19 heavy (non-hydrogen) atoms. The van der Waals surface area contributed by atoms with Gasteiger partial charge in [-0.05, 0) is 38.6 Å². The quantitative estimate of drug-likeness (QED) is 0.779. The topological polar surface area (TPSA) is 6.48 Å². The van der Waals surface area contributed by atoms with Crippen LogP contribution in [-0.4, -0.2) is 37.6 Å². The van der Waals surface area contributed by atoms with Crippen molar-refractivity contribution in [2.45, 2.75) is 31.7 Å². The van der Waals surface area contributed by atoms with Crippen LogP contribution in [0, 0.1) is 0 Å². The summed E-state index contributed by atoms with van der Waals surface area (Å²) in [6, 6.07) is 6.63. The van der Waals surface area contributed by atoms with Crippen molar-refractivity contribution in [3.05, 3.63) is 28.8 Å². The maximum atomic E-state index is 6.29. The second-order valence-electron chi connectivity index (χ2n) is 5.24. The highest BCUT2D eigenvalue weighted by Crippen LogP contribution is 2.31. The Hall–Kier alpha value is -0.440. The molecule has 1 unspecified atom stereocenters. The fraction of sp³-hybridized carbons (Fsp3) is 0.600. The molecule has 1 aromatic rings. The first-order valence-electron chi connectivity index (χ1n) is 6.96. The Bertz CT molecular complexity index is 423. The molecule has 0 spiro atoms. The molecule has 0 aromatic heterocycles. The lowest BCUT2D eigenvalue weighted by atomic mass is 10.1. The summed E-state index contributed by atoms with van der Waals surface area (Å²) in [6.45, 7) is 5.59. The number of hydrogen-bond acceptors (Lipinski definition) is 2. The Morgan fingerprint density at radius 2 is 2.11 bits per heavy atom. The first-order valence-corrected chi connectivity index (χ1v) is 7.87. The first kappa shape index (κ1) is 15.0. The van der Waals surface area contributed by atoms with E-state index >= 15 is 0 Å². The third kappa shape index (κ3) is 3.36. The lowest BCUT2D eigenvalue weighted by Gasteiger charge is -2.33. The maximum absolute atomic E-state index is 6.29. The minimum atomic E-state index is 0.470. The molecule has 0 N–H and O–H groups in total. The number of hydrogen-bond donors (Lipinski definition) is 0. The van der Waals surface area contributed by atoms with E-state index in [0.29, 0.717) is 11.9 Å². The molecule has 1 aromatic carbocycles. The van der Waals surface area contributed by atoms with Crippen molar-refractivity contribution in [2.24, 2.45) is 0 Å². The lowest BCUT2D eigenvalue weighted by molar-refractivity contribution is 0.328. The molecule has 4 heteroatoms. The molecule has 106 valence electrons. The van der Waals surface area contributed by atoms with Crippen LogP contribution in [0.3, 0.4) is 0 Å². The largest absolute Gasteiger partial charge is 0.367 e. The average Bonchev–Trinajstić information content (AvgIpc) is 2.59. The summed E-state index contributed by atoms with van der Waals surface area (Å²) in [4.78, 5) is 4.91. The molecule has 1 atom stereocenters. The van der Waals surface area contributed by atoms with E-state index in [1.165, 1.54) is 12.1 Å². The second-order valence-corrected chi connectivity index (χ2v) is 5.92. The van der Waals surface area contributed by atoms with Gasteiger partial charge in [0.2, 0.25) is 0 Å². The van der Waals surface area contributed by atoms with Crippen molar-refractivity contribution in [1.29, 1.82) is 0 Å². The minimum Gasteiger partial charge on any atom is -0.367 e. The van der Waals surface area contributed by atoms with Gasteiger partial charge in [-0.25, -0.2) is 0 Å². The van der Waals surface area contributed by atoms with Gasteiger partial charge in [0.25, 0.3) is 0 Å². The van der Waals surface area contributed by atoms with Crippen molar-refractivity contribution >= 4 is 28.9 Å². The van der Waals surface area contributed by atoms with Gasteiger partial charge < -0.3 is 9.80 Å². The molecule has 0 bridgehead atoms. The Morgan fingerprint density at radius 1 is 1.32 bits per heavy atom. The molecule has 1 aliphatic rings. The van der Waals surface area contributed by atoms with Gasteiger partial charge in [-0.2, -0.15) is 0 Å². The molecule has 0 saturated carbocycles. The fourth-order valence-corrected chi connectivity index (χ4v) is 3.44. The zero-order chi connectivity index (χ0) is 13.8. The number of benzene rings is 1. The van der Waals surface area contributed by atoms with E-state index in [4.69, 9.17) is 23.2 Å². The molecule has 1 saturated heterocycles. The minimum absolute atomic E-state index is 0.470. The fourth-order valence-electron chi connectivity index (χ4n) is 2.86. The summed E-state index contributed by atoms with van der Waals surface area (Å²) < 4.78 is 0. The predicted molar refractivity (Wildman–Crippen MR) is 84.5 cm³/mol. The van der Waals surface area contributed by atoms with Crippen LogP contribution in [0.5, 0.6) is 0 Å². The van der Waals surface area contributed by atoms with Gasteiger partial charge in [-0.3, -0.25) is 0 Å². The van der Waals surface area contributed by atoms with Crippen LogP contribution in [0.4, 0.5) is 5.69 Å². The molecule has 2 nitrogen and oxygen atoms in total. The Labute approximate surface area is 126 Å². The predicted octanol–water partition coefficient (Wildman–Crippen LogP) is 4.00. The molecule has 0 aliphatic carbocycles. The number of anilines is 1. The van der Waals surface area contributed by atoms with Crippen molar-refractivity contribution in [3.8, 4) is 0 Å². The van der Waals surface area contributed by atoms with Crippen LogP contribution in [0.25, 0.3) is 0 Å². The van der Waals surface area contributed by atoms with Crippen LogP contribution >= 0.6 is 23.2 Å². The standard InChI is InChI=1S/C15H22Cl2N2/c1-3-12-11-18(2)8-5-9-19(12)15-7-4-6-14(17)13(15)10-16/h4,6-7,12H,3,5,8-11H2,1-2H3. The van der Waals surface area contributed by atoms with Gasteiger partial charge in [0.1, 0.15) is 0 Å². The second kappa shape index (κ2) is 6.83. The normalized spacial score (nSPS) is 21.5. The summed E-state index contributed by atoms with van der Waals surface area (Å²) in [5.41, 5.74) is 2.28. The molecule has 1 fully saturated rings. The summed E-state index contributed by atoms with van der Waals surface area (Å²) >= 11 is 12.4. The van der Waals surface area contributed by atoms with E-state index in [-0.39, 0.29) is 0 Å². The number of alkyl halides is 1. The molecule has 0 amide bonds. The summed E-state index contributed by atoms with van der Waals surface area (Å²) in [7, 11) is 2.20. The molecular formula is C15H22Cl2N2. The Kier molecular flexibility index (Phi) is 5.37. The highest BCUT2D eigenvalue weighted by atomic mass is 35.5. The van der Waals surface area contributed by atoms with Crippen molar-refractivity contribution in [3.63, 3.8) is 0 Å². The van der Waals surface area contributed by atoms with E-state index in [9.17, 15) is 0 Å². The van der Waals surface area contributed by atoms with E-state index in [0.717, 1.165) is 36.6 Å². The van der Waals surface area contributed by atoms with E-state index in [1.807, 2.05) is 12.1 Å². The highest BCUT2D eigenvalue weighted by Gasteiger charge is 2.24. The molecule has 1 heterocycles. The maximum Gasteiger partial charge on any atom is 0.0509 e. The Balaban J connectivity index is 2.35. The van der Waals surface area contributed by atoms with Crippen molar-refractivity contribution < 1.29 is 0 Å². The number of likely N-dealkylation sites (N-methyl/N-ethyl adjacent to an activating group) is 1. The number of rotatable bonds is 3. The Morgan fingerprint density at radius 3 is 2.79 bits per heavy atom. The van der Waals surface area contributed by atoms with Gasteiger partial charge >= 0.3 is 0 Å². The van der Waals surface area contributed by atoms with Crippen LogP contribution in [0.15, 0.2) is 18.2 Å². The van der Waals surface area contributed by atoms with Crippen LogP contribution in [0.1, 0.15) is 25.3 Å². The van der Waals surface area contributed by atoms with Crippen LogP contribution in [-0.2, 0) is 5.88 Å². The molecular weight excluding hydrogens is 279 g/mol. The lowest BCUT2D eigenvalue weighted by Crippen LogP contribution is -2.40. The van der Waals surface area contributed by atoms with Crippen molar-refractivity contribution in [2.75, 3.05) is 31.6 Å². The van der Waals surface area contributed by atoms with Gasteiger partial charge in [-0.1, -0.05) is 24.6 Å². The SMILES string of the molecule is CCC1CN(C)CCCN1c1cccc(Cl)c1CCl. The van der Waals surface area contributed by atoms with Crippen LogP contribution < -0.4 is 4.90 Å². The van der Waals surface area contributed by atoms with Gasteiger partial charge in [0, 0.05) is 35.4 Å². The van der Waals surface area contributed by atoms with Crippen LogP contribution in [0.2, 0.25) is 5.02 Å². The van der Waals surface area contributed by atoms with Gasteiger partial charge in [-0.15, -0.1) is 11.6 Å². The summed E-state index contributed by atoms with van der Waals surface area (Å²) in [6.07, 6.45) is 2.32. The van der Waals surface area contributed by atoms with Gasteiger partial charge in [0.15, 0.2) is 0 Å². The third-order valence-corrected chi connectivity index (χ3v) is 4.53. The highest BCUT2D eigenvalue weighted by molar-refractivity contribution is 6.32. The third-order valence-electron chi connectivity index (χ3n) is 3.91. The van der Waals surface area contributed by atoms with E-state index in [2.05, 4.69) is 29.8 Å². The molecule has 2 rings (SSSR count). The summed E-state index contributed by atoms with van der Waals surface area (Å²) in [5, 5.41) is 0.778.